The average molecular weight is 264 g/mol. The van der Waals surface area contributed by atoms with E-state index in [2.05, 4.69) is 24.1 Å². The first-order valence-electron chi connectivity index (χ1n) is 8.13. The molecule has 2 saturated heterocycles. The summed E-state index contributed by atoms with van der Waals surface area (Å²) in [6, 6.07) is 0.585. The van der Waals surface area contributed by atoms with E-state index in [-0.39, 0.29) is 5.41 Å². The number of hydrogen-bond acceptors (Lipinski definition) is 2. The van der Waals surface area contributed by atoms with Crippen molar-refractivity contribution in [1.82, 2.24) is 10.2 Å². The molecule has 3 nitrogen and oxygen atoms in total. The van der Waals surface area contributed by atoms with E-state index in [0.717, 1.165) is 44.8 Å². The molecule has 3 rings (SSSR count). The lowest BCUT2D eigenvalue weighted by Crippen LogP contribution is -2.43. The number of fused-ring (bicyclic) bond motifs is 1. The molecule has 2 aliphatic heterocycles. The van der Waals surface area contributed by atoms with Gasteiger partial charge < -0.3 is 10.2 Å². The van der Waals surface area contributed by atoms with Crippen LogP contribution in [0, 0.1) is 17.3 Å². The van der Waals surface area contributed by atoms with Gasteiger partial charge in [0, 0.05) is 24.5 Å². The van der Waals surface area contributed by atoms with Crippen LogP contribution < -0.4 is 5.32 Å². The molecule has 0 bridgehead atoms. The van der Waals surface area contributed by atoms with Gasteiger partial charge in [-0.05, 0) is 44.1 Å². The number of carbonyl (C=O) groups excluding carboxylic acids is 1. The summed E-state index contributed by atoms with van der Waals surface area (Å²) in [7, 11) is 0. The molecule has 1 amide bonds. The number of carbonyl (C=O) groups is 1. The largest absolute Gasteiger partial charge is 0.340 e. The third kappa shape index (κ3) is 2.42. The van der Waals surface area contributed by atoms with Gasteiger partial charge in [0.05, 0.1) is 0 Å². The lowest BCUT2D eigenvalue weighted by molar-refractivity contribution is -0.142. The summed E-state index contributed by atoms with van der Waals surface area (Å²) in [5, 5.41) is 3.55. The number of nitrogens with zero attached hydrogens (tertiary/aromatic N) is 1. The molecule has 0 aromatic carbocycles. The van der Waals surface area contributed by atoms with E-state index in [1.165, 1.54) is 19.3 Å². The van der Waals surface area contributed by atoms with Crippen molar-refractivity contribution in [3.05, 3.63) is 0 Å². The number of rotatable bonds is 3. The fourth-order valence-corrected chi connectivity index (χ4v) is 4.69. The van der Waals surface area contributed by atoms with Crippen molar-refractivity contribution >= 4 is 5.91 Å². The second kappa shape index (κ2) is 5.08. The number of nitrogens with one attached hydrogen (secondary N) is 1. The van der Waals surface area contributed by atoms with Crippen molar-refractivity contribution in [3.8, 4) is 0 Å². The van der Waals surface area contributed by atoms with Gasteiger partial charge in [0.25, 0.3) is 0 Å². The lowest BCUT2D eigenvalue weighted by Gasteiger charge is -2.34. The Morgan fingerprint density at radius 3 is 2.68 bits per heavy atom. The quantitative estimate of drug-likeness (QED) is 0.849. The second-order valence-electron chi connectivity index (χ2n) is 7.40. The Morgan fingerprint density at radius 1 is 1.32 bits per heavy atom. The summed E-state index contributed by atoms with van der Waals surface area (Å²) in [6.45, 7) is 7.63. The molecule has 2 heterocycles. The van der Waals surface area contributed by atoms with Gasteiger partial charge in [0.15, 0.2) is 0 Å². The zero-order valence-corrected chi connectivity index (χ0v) is 12.5. The van der Waals surface area contributed by atoms with Gasteiger partial charge >= 0.3 is 0 Å². The monoisotopic (exact) mass is 264 g/mol. The molecule has 1 N–H and O–H groups in total. The van der Waals surface area contributed by atoms with Crippen LogP contribution in [-0.4, -0.2) is 36.5 Å². The van der Waals surface area contributed by atoms with E-state index in [0.29, 0.717) is 17.9 Å². The standard InChI is InChI=1S/C16H28N2O/c1-12(2)9-16(6-3-4-7-16)15(19)18-10-13-5-8-17-14(13)11-18/h12-14,17H,3-11H2,1-2H3/t13-,14+/m0/s1. The smallest absolute Gasteiger partial charge is 0.228 e. The molecule has 0 aromatic rings. The molecular formula is C16H28N2O. The highest BCUT2D eigenvalue weighted by Gasteiger charge is 2.47. The van der Waals surface area contributed by atoms with Gasteiger partial charge in [-0.3, -0.25) is 4.79 Å². The van der Waals surface area contributed by atoms with Gasteiger partial charge in [-0.15, -0.1) is 0 Å². The first kappa shape index (κ1) is 13.4. The van der Waals surface area contributed by atoms with Crippen LogP contribution in [0.5, 0.6) is 0 Å². The maximum atomic E-state index is 13.0. The van der Waals surface area contributed by atoms with E-state index >= 15 is 0 Å². The van der Waals surface area contributed by atoms with Crippen LogP contribution >= 0.6 is 0 Å². The van der Waals surface area contributed by atoms with Crippen LogP contribution in [0.2, 0.25) is 0 Å². The Balaban J connectivity index is 1.71. The van der Waals surface area contributed by atoms with E-state index in [4.69, 9.17) is 0 Å². The van der Waals surface area contributed by atoms with Crippen LogP contribution in [0.1, 0.15) is 52.4 Å². The third-order valence-corrected chi connectivity index (χ3v) is 5.46. The van der Waals surface area contributed by atoms with Crippen LogP contribution in [-0.2, 0) is 4.79 Å². The second-order valence-corrected chi connectivity index (χ2v) is 7.40. The first-order chi connectivity index (χ1) is 9.11. The molecule has 1 aliphatic carbocycles. The van der Waals surface area contributed by atoms with Crippen molar-refractivity contribution in [3.63, 3.8) is 0 Å². The lowest BCUT2D eigenvalue weighted by atomic mass is 9.77. The van der Waals surface area contributed by atoms with Crippen molar-refractivity contribution in [2.24, 2.45) is 17.3 Å². The summed E-state index contributed by atoms with van der Waals surface area (Å²) in [4.78, 5) is 15.2. The Kier molecular flexibility index (Phi) is 3.59. The number of likely N-dealkylation sites (tertiary alicyclic amines) is 1. The molecule has 0 unspecified atom stereocenters. The minimum absolute atomic E-state index is 0.00714. The molecule has 0 spiro atoms. The fourth-order valence-electron chi connectivity index (χ4n) is 4.69. The summed E-state index contributed by atoms with van der Waals surface area (Å²) >= 11 is 0. The SMILES string of the molecule is CC(C)CC1(C(=O)N2C[C@@H]3CCN[C@@H]3C2)CCCC1. The minimum Gasteiger partial charge on any atom is -0.340 e. The Labute approximate surface area is 117 Å². The molecule has 0 aromatic heterocycles. The molecule has 3 aliphatic rings. The zero-order chi connectivity index (χ0) is 13.5. The predicted molar refractivity (Wildman–Crippen MR) is 76.8 cm³/mol. The average Bonchev–Trinajstić information content (AvgIpc) is 3.00. The normalized spacial score (nSPS) is 33.1. The van der Waals surface area contributed by atoms with Crippen molar-refractivity contribution in [2.75, 3.05) is 19.6 Å². The Bertz CT molecular complexity index is 335. The van der Waals surface area contributed by atoms with Crippen LogP contribution in [0.3, 0.4) is 0 Å². The highest BCUT2D eigenvalue weighted by atomic mass is 16.2. The Hall–Kier alpha value is -0.570. The van der Waals surface area contributed by atoms with E-state index in [9.17, 15) is 4.79 Å². The van der Waals surface area contributed by atoms with Crippen LogP contribution in [0.4, 0.5) is 0 Å². The van der Waals surface area contributed by atoms with E-state index < -0.39 is 0 Å². The van der Waals surface area contributed by atoms with Crippen LogP contribution in [0.25, 0.3) is 0 Å². The fraction of sp³-hybridized carbons (Fsp3) is 0.938. The van der Waals surface area contributed by atoms with Gasteiger partial charge in [-0.1, -0.05) is 26.7 Å². The minimum atomic E-state index is -0.00714. The third-order valence-electron chi connectivity index (χ3n) is 5.46. The summed E-state index contributed by atoms with van der Waals surface area (Å²) in [5.74, 6) is 1.83. The summed E-state index contributed by atoms with van der Waals surface area (Å²) in [5.41, 5.74) is -0.00714. The highest BCUT2D eigenvalue weighted by Crippen LogP contribution is 2.45. The molecule has 3 heteroatoms. The molecule has 19 heavy (non-hydrogen) atoms. The van der Waals surface area contributed by atoms with Gasteiger partial charge in [0.2, 0.25) is 5.91 Å². The molecule has 1 saturated carbocycles. The topological polar surface area (TPSA) is 32.3 Å². The molecule has 0 radical (unpaired) electrons. The van der Waals surface area contributed by atoms with Crippen molar-refractivity contribution < 1.29 is 4.79 Å². The molecule has 2 atom stereocenters. The number of amides is 1. The highest BCUT2D eigenvalue weighted by molar-refractivity contribution is 5.83. The van der Waals surface area contributed by atoms with Crippen molar-refractivity contribution in [2.45, 2.75) is 58.4 Å². The van der Waals surface area contributed by atoms with Gasteiger partial charge in [-0.2, -0.15) is 0 Å². The number of hydrogen-bond donors (Lipinski definition) is 1. The predicted octanol–water partition coefficient (Wildman–Crippen LogP) is 2.41. The molecule has 108 valence electrons. The Morgan fingerprint density at radius 2 is 2.05 bits per heavy atom. The van der Waals surface area contributed by atoms with E-state index in [1.807, 2.05) is 0 Å². The zero-order valence-electron chi connectivity index (χ0n) is 12.5. The van der Waals surface area contributed by atoms with E-state index in [1.54, 1.807) is 0 Å². The summed E-state index contributed by atoms with van der Waals surface area (Å²) in [6.07, 6.45) is 7.10. The summed E-state index contributed by atoms with van der Waals surface area (Å²) < 4.78 is 0. The molecule has 3 fully saturated rings. The molecular weight excluding hydrogens is 236 g/mol. The maximum Gasteiger partial charge on any atom is 0.228 e. The first-order valence-corrected chi connectivity index (χ1v) is 8.13. The van der Waals surface area contributed by atoms with Crippen LogP contribution in [0.15, 0.2) is 0 Å². The maximum absolute atomic E-state index is 13.0. The van der Waals surface area contributed by atoms with Gasteiger partial charge in [0.1, 0.15) is 0 Å². The van der Waals surface area contributed by atoms with Crippen molar-refractivity contribution in [1.29, 1.82) is 0 Å². The van der Waals surface area contributed by atoms with Gasteiger partial charge in [-0.25, -0.2) is 0 Å².